The van der Waals surface area contributed by atoms with Gasteiger partial charge in [-0.25, -0.2) is 0 Å². The standard InChI is InChI=1S/C25H34O6.C24H32O6.C21H28O6.C3H6O/c1-4-5-21-30-20-11-17-16-7-6-14-10-15(27)8-9-23(14,2)22(16)18(28)12-24(17,3)25(20,31-21)19(29)13-26;1-4-20-29-19-10-16-15-6-5-13-9-14(26)7-8-22(13,2)21(15)17(27)11-23(16,3)24(19,30-20)18(28)12-25;1-19-6-5-12(23)7-11(19)3-4-13-14-8-16(25)21(27,17(26)10-22)20(14,2)9-15(24)18(13)19;1-2-3-4/h8-10,16-18,20-22,26,28H,4-7,11-13H2,1-3H3;7-9,15-17,19-21,25,27H,4-6,10-12H2,1-3H3;5-7,13-16,18,22,24-25,27H,3-4,8-10H2,1-2H3;3H,2H2,1H3/t16-,17-,18-,20+,21?,22+,23-,24-,25+;15-,16-,17-,19+,20?,21+,22-,23-,24+;13-,14-,15-,16+,18+,19-,20-,21-;/m000./s1. The average molecular weight is 1280 g/mol. The Kier molecular flexibility index (Phi) is 18.5. The predicted molar refractivity (Wildman–Crippen MR) is 334 cm³/mol. The molecule has 2 aliphatic heterocycles. The van der Waals surface area contributed by atoms with Crippen LogP contribution in [0.4, 0.5) is 0 Å². The molecular weight excluding hydrogens is 1180 g/mol. The van der Waals surface area contributed by atoms with Gasteiger partial charge in [-0.1, -0.05) is 104 Å². The van der Waals surface area contributed by atoms with Gasteiger partial charge in [0.05, 0.1) is 36.6 Å². The highest BCUT2D eigenvalue weighted by Gasteiger charge is 2.78. The number of carbonyl (C=O) groups is 7. The summed E-state index contributed by atoms with van der Waals surface area (Å²) in [6.07, 6.45) is 22.1. The largest absolute Gasteiger partial charge is 0.393 e. The zero-order chi connectivity index (χ0) is 66.8. The van der Waals surface area contributed by atoms with Gasteiger partial charge in [0.2, 0.25) is 0 Å². The molecule has 14 rings (SSSR count). The first kappa shape index (κ1) is 69.0. The van der Waals surface area contributed by atoms with E-state index in [0.29, 0.717) is 44.9 Å². The molecule has 0 aromatic rings. The second-order valence-electron chi connectivity index (χ2n) is 31.0. The van der Waals surface area contributed by atoms with E-state index in [0.717, 1.165) is 68.0 Å². The number of hydrogen-bond acceptors (Lipinski definition) is 19. The summed E-state index contributed by atoms with van der Waals surface area (Å²) in [6.45, 7) is 16.0. The quantitative estimate of drug-likeness (QED) is 0.113. The number of rotatable bonds is 10. The highest BCUT2D eigenvalue weighted by atomic mass is 16.8. The Morgan fingerprint density at radius 1 is 0.533 bits per heavy atom. The van der Waals surface area contributed by atoms with Crippen LogP contribution in [0.3, 0.4) is 0 Å². The van der Waals surface area contributed by atoms with Gasteiger partial charge in [0.25, 0.3) is 0 Å². The number of carbonyl (C=O) groups excluding carboxylic acids is 7. The van der Waals surface area contributed by atoms with E-state index in [1.165, 1.54) is 0 Å². The lowest BCUT2D eigenvalue weighted by molar-refractivity contribution is -0.200. The number of ether oxygens (including phenoxy) is 4. The highest BCUT2D eigenvalue weighted by Crippen LogP contribution is 2.73. The van der Waals surface area contributed by atoms with Gasteiger partial charge >= 0.3 is 0 Å². The molecule has 0 aromatic heterocycles. The first-order valence-electron chi connectivity index (χ1n) is 34.2. The molecule has 0 aromatic carbocycles. The average Bonchev–Trinajstić information content (AvgIpc) is 1.40. The van der Waals surface area contributed by atoms with Gasteiger partial charge in [0.1, 0.15) is 26.1 Å². The van der Waals surface area contributed by atoms with Crippen molar-refractivity contribution in [3.8, 4) is 0 Å². The molecule has 19 heteroatoms. The minimum absolute atomic E-state index is 0.00826. The van der Waals surface area contributed by atoms with Crippen LogP contribution in [0.2, 0.25) is 0 Å². The Morgan fingerprint density at radius 2 is 0.880 bits per heavy atom. The van der Waals surface area contributed by atoms with E-state index < -0.39 is 113 Å². The van der Waals surface area contributed by atoms with Crippen LogP contribution in [0.1, 0.15) is 165 Å². The first-order valence-corrected chi connectivity index (χ1v) is 34.2. The van der Waals surface area contributed by atoms with E-state index >= 15 is 0 Å². The molecular formula is C73H100O19. The summed E-state index contributed by atoms with van der Waals surface area (Å²) in [5.74, 6) is -1.04. The monoisotopic (exact) mass is 1280 g/mol. The third-order valence-corrected chi connectivity index (χ3v) is 27.0. The third kappa shape index (κ3) is 9.77. The number of aliphatic hydroxyl groups excluding tert-OH is 7. The van der Waals surface area contributed by atoms with Crippen molar-refractivity contribution in [1.29, 1.82) is 0 Å². The molecule has 2 saturated heterocycles. The van der Waals surface area contributed by atoms with Crippen molar-refractivity contribution < 1.29 is 93.4 Å². The van der Waals surface area contributed by atoms with Crippen molar-refractivity contribution in [3.63, 3.8) is 0 Å². The smallest absolute Gasteiger partial charge is 0.193 e. The molecule has 8 N–H and O–H groups in total. The van der Waals surface area contributed by atoms with E-state index in [-0.39, 0.29) is 106 Å². The lowest BCUT2D eigenvalue weighted by Gasteiger charge is -2.59. The van der Waals surface area contributed by atoms with E-state index in [2.05, 4.69) is 34.6 Å². The Hall–Kier alpha value is -4.35. The van der Waals surface area contributed by atoms with Crippen LogP contribution in [-0.4, -0.2) is 168 Å². The van der Waals surface area contributed by atoms with Crippen LogP contribution >= 0.6 is 0 Å². The highest BCUT2D eigenvalue weighted by molar-refractivity contribution is 6.02. The van der Waals surface area contributed by atoms with Crippen LogP contribution in [0.15, 0.2) is 71.4 Å². The summed E-state index contributed by atoms with van der Waals surface area (Å²) in [6, 6.07) is 0. The maximum atomic E-state index is 13.2. The van der Waals surface area contributed by atoms with Crippen molar-refractivity contribution in [2.24, 2.45) is 85.8 Å². The number of allylic oxidation sites excluding steroid dienone is 12. The van der Waals surface area contributed by atoms with E-state index in [9.17, 15) is 74.4 Å². The Balaban J connectivity index is 0.000000138. The molecule has 0 spiro atoms. The van der Waals surface area contributed by atoms with Crippen molar-refractivity contribution in [2.45, 2.75) is 231 Å². The second kappa shape index (κ2) is 24.6. The fraction of sp³-hybridized carbons (Fsp3) is 0.740. The lowest BCUT2D eigenvalue weighted by atomic mass is 9.46. The fourth-order valence-corrected chi connectivity index (χ4v) is 23.0. The molecule has 14 aliphatic rings. The van der Waals surface area contributed by atoms with Gasteiger partial charge < -0.3 is 64.6 Å². The van der Waals surface area contributed by atoms with Crippen LogP contribution in [0.25, 0.3) is 0 Å². The normalized spacial score (nSPS) is 49.1. The number of aliphatic hydroxyl groups is 8. The molecule has 0 amide bonds. The van der Waals surface area contributed by atoms with Crippen molar-refractivity contribution in [3.05, 3.63) is 71.4 Å². The van der Waals surface area contributed by atoms with Crippen molar-refractivity contribution in [2.75, 3.05) is 19.8 Å². The van der Waals surface area contributed by atoms with Gasteiger partial charge in [-0.05, 0) is 162 Å². The van der Waals surface area contributed by atoms with E-state index in [1.807, 2.05) is 39.0 Å². The van der Waals surface area contributed by atoms with Gasteiger partial charge in [0.15, 0.2) is 64.1 Å². The number of ketones is 6. The van der Waals surface area contributed by atoms with E-state index in [1.54, 1.807) is 43.4 Å². The molecule has 0 bridgehead atoms. The molecule has 19 nitrogen and oxygen atoms in total. The number of fused-ring (bicyclic) bond motifs is 19. The molecule has 0 radical (unpaired) electrons. The summed E-state index contributed by atoms with van der Waals surface area (Å²) < 4.78 is 25.1. The molecule has 11 fully saturated rings. The third-order valence-electron chi connectivity index (χ3n) is 27.0. The van der Waals surface area contributed by atoms with Crippen LogP contribution in [-0.2, 0) is 52.5 Å². The summed E-state index contributed by atoms with van der Waals surface area (Å²) in [7, 11) is 0. The Morgan fingerprint density at radius 3 is 1.23 bits per heavy atom. The van der Waals surface area contributed by atoms with Gasteiger partial charge in [-0.3, -0.25) is 28.8 Å². The molecule has 12 aliphatic carbocycles. The summed E-state index contributed by atoms with van der Waals surface area (Å²) in [5, 5.41) is 85.0. The molecule has 2 heterocycles. The van der Waals surface area contributed by atoms with Crippen molar-refractivity contribution >= 4 is 41.0 Å². The number of aldehydes is 1. The van der Waals surface area contributed by atoms with Crippen LogP contribution < -0.4 is 0 Å². The minimum Gasteiger partial charge on any atom is -0.393 e. The molecule has 2 unspecified atom stereocenters. The zero-order valence-corrected chi connectivity index (χ0v) is 55.1. The zero-order valence-electron chi connectivity index (χ0n) is 55.1. The van der Waals surface area contributed by atoms with Gasteiger partial charge in [-0.2, -0.15) is 0 Å². The van der Waals surface area contributed by atoms with E-state index in [4.69, 9.17) is 18.9 Å². The Labute approximate surface area is 540 Å². The number of Topliss-reactive ketones (excluding diaryl/α,β-unsaturated/α-hetero) is 3. The maximum absolute atomic E-state index is 13.2. The summed E-state index contributed by atoms with van der Waals surface area (Å²) in [5.41, 5.74) is -4.55. The topological polar surface area (TPSA) is 318 Å². The summed E-state index contributed by atoms with van der Waals surface area (Å²) in [4.78, 5) is 83.7. The van der Waals surface area contributed by atoms with Crippen molar-refractivity contribution in [1.82, 2.24) is 0 Å². The van der Waals surface area contributed by atoms with Gasteiger partial charge in [-0.15, -0.1) is 0 Å². The van der Waals surface area contributed by atoms with Crippen LogP contribution in [0.5, 0.6) is 0 Å². The molecule has 506 valence electrons. The van der Waals surface area contributed by atoms with Crippen LogP contribution in [0, 0.1) is 85.8 Å². The first-order chi connectivity index (χ1) is 43.4. The van der Waals surface area contributed by atoms with Gasteiger partial charge in [0, 0.05) is 56.7 Å². The summed E-state index contributed by atoms with van der Waals surface area (Å²) >= 11 is 0. The maximum Gasteiger partial charge on any atom is 0.193 e. The molecule has 26 atom stereocenters. The predicted octanol–water partition coefficient (Wildman–Crippen LogP) is 6.17. The molecule has 92 heavy (non-hydrogen) atoms. The SMILES string of the molecule is CCC1O[C@@H]2C[C@H]3[C@@H]4CCC5=CC(=O)C=C[C@]5(C)[C@H]4[C@@H](O)C[C@]3(C)[C@]2(C(=O)CO)O1.CCC=O.CCCC1O[C@@H]2C[C@H]3[C@@H]4CCC5=CC(=O)C=C[C@]5(C)[C@H]4[C@@H](O)C[C@]3(C)[C@]2(C(=O)CO)O1.C[C@]12C=CC(=O)C=C1CC[C@@H]1[C@@H]2[C@@H](O)C[C@@]2(C)[C@H]1C[C@@H](O)[C@]2(O)C(=O)CO. The number of hydrogen-bond donors (Lipinski definition) is 8. The lowest BCUT2D eigenvalue weighted by Crippen LogP contribution is -2.63. The minimum atomic E-state index is -2.05. The molecule has 9 saturated carbocycles. The second-order valence-corrected chi connectivity index (χ2v) is 31.0. The fourth-order valence-electron chi connectivity index (χ4n) is 23.0. The Bertz CT molecular complexity index is 3180.